The molecule has 0 aliphatic rings. The van der Waals surface area contributed by atoms with Gasteiger partial charge in [-0.3, -0.25) is 0 Å². The molecule has 0 atom stereocenters. The maximum atomic E-state index is 6.14. The van der Waals surface area contributed by atoms with Gasteiger partial charge >= 0.3 is 0 Å². The van der Waals surface area contributed by atoms with E-state index in [9.17, 15) is 0 Å². The second-order valence-corrected chi connectivity index (χ2v) is 4.87. The minimum atomic E-state index is 0.518. The summed E-state index contributed by atoms with van der Waals surface area (Å²) >= 11 is 9.52. The van der Waals surface area contributed by atoms with E-state index in [0.717, 1.165) is 4.47 Å². The number of aromatic nitrogens is 2. The Bertz CT molecular complexity index is 542. The van der Waals surface area contributed by atoms with Crippen molar-refractivity contribution in [3.63, 3.8) is 0 Å². The molecule has 0 radical (unpaired) electrons. The van der Waals surface area contributed by atoms with Gasteiger partial charge in [0.1, 0.15) is 11.6 Å². The summed E-state index contributed by atoms with van der Waals surface area (Å²) in [7, 11) is 3.36. The number of benzene rings is 1. The third-order valence-corrected chi connectivity index (χ3v) is 3.30. The first kappa shape index (κ1) is 13.9. The molecular weight excluding hydrogens is 332 g/mol. The Hall–Kier alpha value is -1.53. The van der Waals surface area contributed by atoms with Crippen LogP contribution in [-0.4, -0.2) is 24.1 Å². The Labute approximate surface area is 124 Å². The fourth-order valence-corrected chi connectivity index (χ4v) is 1.88. The molecule has 0 fully saturated rings. The van der Waals surface area contributed by atoms with E-state index in [1.165, 1.54) is 0 Å². The molecule has 1 aromatic heterocycles. The lowest BCUT2D eigenvalue weighted by Gasteiger charge is -2.11. The molecule has 0 amide bonds. The molecule has 2 aromatic rings. The first-order valence-electron chi connectivity index (χ1n) is 5.45. The number of hydrogen-bond acceptors (Lipinski definition) is 5. The number of nitrogens with zero attached hydrogens (tertiary/aromatic N) is 2. The summed E-state index contributed by atoms with van der Waals surface area (Å²) in [6, 6.07) is 5.36. The molecule has 0 aliphatic carbocycles. The predicted octanol–water partition coefficient (Wildman–Crippen LogP) is 3.69. The van der Waals surface area contributed by atoms with Crippen LogP contribution < -0.4 is 15.4 Å². The largest absolute Gasteiger partial charge is 0.497 e. The Kier molecular flexibility index (Phi) is 4.44. The van der Waals surface area contributed by atoms with Gasteiger partial charge in [0, 0.05) is 19.3 Å². The van der Waals surface area contributed by atoms with Crippen LogP contribution in [0.2, 0.25) is 5.02 Å². The van der Waals surface area contributed by atoms with E-state index in [1.807, 2.05) is 0 Å². The van der Waals surface area contributed by atoms with Crippen molar-refractivity contribution in [2.75, 3.05) is 24.8 Å². The normalized spacial score (nSPS) is 10.1. The minimum absolute atomic E-state index is 0.518. The minimum Gasteiger partial charge on any atom is -0.497 e. The number of anilines is 3. The van der Waals surface area contributed by atoms with Crippen LogP contribution in [0.1, 0.15) is 0 Å². The number of rotatable bonds is 4. The quantitative estimate of drug-likeness (QED) is 0.886. The second kappa shape index (κ2) is 6.08. The smallest absolute Gasteiger partial charge is 0.224 e. The summed E-state index contributed by atoms with van der Waals surface area (Å²) in [5, 5.41) is 6.60. The van der Waals surface area contributed by atoms with Crippen LogP contribution in [0.5, 0.6) is 5.75 Å². The van der Waals surface area contributed by atoms with Gasteiger partial charge in [-0.15, -0.1) is 0 Å². The van der Waals surface area contributed by atoms with E-state index in [1.54, 1.807) is 38.6 Å². The van der Waals surface area contributed by atoms with Crippen molar-refractivity contribution in [3.8, 4) is 5.75 Å². The maximum Gasteiger partial charge on any atom is 0.224 e. The molecule has 2 rings (SSSR count). The van der Waals surface area contributed by atoms with Gasteiger partial charge in [-0.2, -0.15) is 4.98 Å². The van der Waals surface area contributed by atoms with Crippen molar-refractivity contribution >= 4 is 45.0 Å². The molecule has 1 heterocycles. The van der Waals surface area contributed by atoms with Gasteiger partial charge in [0.15, 0.2) is 0 Å². The average Bonchev–Trinajstić information content (AvgIpc) is 2.43. The first-order valence-corrected chi connectivity index (χ1v) is 6.62. The number of hydrogen-bond donors (Lipinski definition) is 2. The van der Waals surface area contributed by atoms with Gasteiger partial charge < -0.3 is 15.4 Å². The highest BCUT2D eigenvalue weighted by Gasteiger charge is 2.08. The van der Waals surface area contributed by atoms with Crippen molar-refractivity contribution in [1.29, 1.82) is 0 Å². The third-order valence-electron chi connectivity index (χ3n) is 2.39. The fourth-order valence-electron chi connectivity index (χ4n) is 1.43. The molecular formula is C12H12BrClN4O. The average molecular weight is 344 g/mol. The molecule has 5 nitrogen and oxygen atoms in total. The van der Waals surface area contributed by atoms with E-state index >= 15 is 0 Å². The summed E-state index contributed by atoms with van der Waals surface area (Å²) in [4.78, 5) is 8.39. The van der Waals surface area contributed by atoms with Gasteiger partial charge in [-0.05, 0) is 28.1 Å². The number of methoxy groups -OCH3 is 1. The van der Waals surface area contributed by atoms with E-state index in [4.69, 9.17) is 16.3 Å². The number of ether oxygens (including phenoxy) is 1. The Morgan fingerprint density at radius 1 is 1.37 bits per heavy atom. The molecule has 100 valence electrons. The predicted molar refractivity (Wildman–Crippen MR) is 80.6 cm³/mol. The molecule has 2 N–H and O–H groups in total. The maximum absolute atomic E-state index is 6.14. The van der Waals surface area contributed by atoms with Crippen LogP contribution in [0.15, 0.2) is 28.9 Å². The lowest BCUT2D eigenvalue weighted by Crippen LogP contribution is -2.01. The van der Waals surface area contributed by atoms with Crippen LogP contribution >= 0.6 is 27.5 Å². The summed E-state index contributed by atoms with van der Waals surface area (Å²) < 4.78 is 5.91. The van der Waals surface area contributed by atoms with E-state index in [0.29, 0.717) is 28.2 Å². The SMILES string of the molecule is CNc1ncc(Br)c(Nc2cc(OC)ccc2Cl)n1. The monoisotopic (exact) mass is 342 g/mol. The van der Waals surface area contributed by atoms with Crippen molar-refractivity contribution in [2.24, 2.45) is 0 Å². The molecule has 0 aliphatic heterocycles. The van der Waals surface area contributed by atoms with Crippen molar-refractivity contribution < 1.29 is 4.74 Å². The highest BCUT2D eigenvalue weighted by Crippen LogP contribution is 2.31. The number of halogens is 2. The van der Waals surface area contributed by atoms with Gasteiger partial charge in [0.2, 0.25) is 5.95 Å². The summed E-state index contributed by atoms with van der Waals surface area (Å²) in [5.41, 5.74) is 0.711. The zero-order valence-corrected chi connectivity index (χ0v) is 12.7. The van der Waals surface area contributed by atoms with Gasteiger partial charge in [0.25, 0.3) is 0 Å². The van der Waals surface area contributed by atoms with Crippen molar-refractivity contribution in [2.45, 2.75) is 0 Å². The van der Waals surface area contributed by atoms with Crippen LogP contribution in [0, 0.1) is 0 Å². The number of nitrogens with one attached hydrogen (secondary N) is 2. The van der Waals surface area contributed by atoms with Crippen LogP contribution in [0.25, 0.3) is 0 Å². The molecule has 7 heteroatoms. The molecule has 1 aromatic carbocycles. The van der Waals surface area contributed by atoms with Gasteiger partial charge in [0.05, 0.1) is 22.3 Å². The Morgan fingerprint density at radius 3 is 2.84 bits per heavy atom. The second-order valence-electron chi connectivity index (χ2n) is 3.61. The molecule has 0 spiro atoms. The van der Waals surface area contributed by atoms with Crippen LogP contribution in [-0.2, 0) is 0 Å². The van der Waals surface area contributed by atoms with Crippen LogP contribution in [0.4, 0.5) is 17.5 Å². The fraction of sp³-hybridized carbons (Fsp3) is 0.167. The summed E-state index contributed by atoms with van der Waals surface area (Å²) in [6.07, 6.45) is 1.66. The first-order chi connectivity index (χ1) is 9.13. The van der Waals surface area contributed by atoms with E-state index in [-0.39, 0.29) is 0 Å². The zero-order chi connectivity index (χ0) is 13.8. The third kappa shape index (κ3) is 3.27. The standard InChI is InChI=1S/C12H12BrClN4O/c1-15-12-16-6-8(13)11(18-12)17-10-5-7(19-2)3-4-9(10)14/h3-6H,1-2H3,(H2,15,16,17,18). The van der Waals surface area contributed by atoms with Crippen molar-refractivity contribution in [1.82, 2.24) is 9.97 Å². The molecule has 0 saturated carbocycles. The highest BCUT2D eigenvalue weighted by molar-refractivity contribution is 9.10. The lowest BCUT2D eigenvalue weighted by atomic mass is 10.3. The molecule has 19 heavy (non-hydrogen) atoms. The lowest BCUT2D eigenvalue weighted by molar-refractivity contribution is 0.415. The molecule has 0 bridgehead atoms. The van der Waals surface area contributed by atoms with Crippen molar-refractivity contribution in [3.05, 3.63) is 33.9 Å². The van der Waals surface area contributed by atoms with E-state index < -0.39 is 0 Å². The highest BCUT2D eigenvalue weighted by atomic mass is 79.9. The Morgan fingerprint density at radius 2 is 2.16 bits per heavy atom. The van der Waals surface area contributed by atoms with E-state index in [2.05, 4.69) is 36.5 Å². The molecule has 0 saturated heterocycles. The van der Waals surface area contributed by atoms with Gasteiger partial charge in [-0.25, -0.2) is 4.98 Å². The zero-order valence-electron chi connectivity index (χ0n) is 10.4. The van der Waals surface area contributed by atoms with Gasteiger partial charge in [-0.1, -0.05) is 11.6 Å². The Balaban J connectivity index is 2.35. The summed E-state index contributed by atoms with van der Waals surface area (Å²) in [6.45, 7) is 0. The topological polar surface area (TPSA) is 59.1 Å². The molecule has 0 unspecified atom stereocenters. The van der Waals surface area contributed by atoms with Crippen LogP contribution in [0.3, 0.4) is 0 Å². The summed E-state index contributed by atoms with van der Waals surface area (Å²) in [5.74, 6) is 1.85.